The van der Waals surface area contributed by atoms with Crippen molar-refractivity contribution in [2.75, 3.05) is 18.5 Å². The van der Waals surface area contributed by atoms with Crippen LogP contribution in [0.2, 0.25) is 0 Å². The number of halogens is 1. The molecule has 1 saturated carbocycles. The largest absolute Gasteiger partial charge is 0.378 e. The van der Waals surface area contributed by atoms with Crippen LogP contribution in [0.3, 0.4) is 0 Å². The maximum absolute atomic E-state index is 5.89. The first-order valence-corrected chi connectivity index (χ1v) is 8.17. The van der Waals surface area contributed by atoms with Gasteiger partial charge in [-0.2, -0.15) is 0 Å². The highest BCUT2D eigenvalue weighted by Crippen LogP contribution is 2.20. The number of hydrogen-bond donors (Lipinski definition) is 2. The van der Waals surface area contributed by atoms with Gasteiger partial charge in [0.15, 0.2) is 0 Å². The predicted octanol–water partition coefficient (Wildman–Crippen LogP) is 3.24. The average molecular weight is 342 g/mol. The normalized spacial score (nSPS) is 22.8. The number of hydrogen-bond acceptors (Lipinski definition) is 4. The average Bonchev–Trinajstić information content (AvgIpc) is 2.44. The van der Waals surface area contributed by atoms with Crippen molar-refractivity contribution in [1.29, 1.82) is 0 Å². The summed E-state index contributed by atoms with van der Waals surface area (Å²) < 4.78 is 6.93. The molecule has 20 heavy (non-hydrogen) atoms. The molecule has 1 aromatic rings. The Kier molecular flexibility index (Phi) is 6.26. The van der Waals surface area contributed by atoms with Gasteiger partial charge in [0.1, 0.15) is 5.82 Å². The van der Waals surface area contributed by atoms with Crippen LogP contribution >= 0.6 is 15.9 Å². The number of ether oxygens (including phenoxy) is 1. The van der Waals surface area contributed by atoms with Crippen LogP contribution in [-0.4, -0.2) is 30.3 Å². The molecule has 0 spiro atoms. The van der Waals surface area contributed by atoms with E-state index in [1.807, 2.05) is 12.3 Å². The monoisotopic (exact) mass is 341 g/mol. The molecular weight excluding hydrogens is 318 g/mol. The zero-order valence-corrected chi connectivity index (χ0v) is 13.7. The minimum Gasteiger partial charge on any atom is -0.378 e. The van der Waals surface area contributed by atoms with E-state index < -0.39 is 0 Å². The first kappa shape index (κ1) is 15.7. The highest BCUT2D eigenvalue weighted by molar-refractivity contribution is 9.10. The lowest BCUT2D eigenvalue weighted by Crippen LogP contribution is -2.30. The van der Waals surface area contributed by atoms with E-state index in [4.69, 9.17) is 10.5 Å². The molecule has 1 fully saturated rings. The molecule has 0 aliphatic heterocycles. The third kappa shape index (κ3) is 5.04. The summed E-state index contributed by atoms with van der Waals surface area (Å²) in [4.78, 5) is 4.32. The van der Waals surface area contributed by atoms with Crippen LogP contribution in [0, 0.1) is 6.92 Å². The van der Waals surface area contributed by atoms with E-state index in [1.165, 1.54) is 5.56 Å². The van der Waals surface area contributed by atoms with E-state index in [9.17, 15) is 0 Å². The fraction of sp³-hybridized carbons (Fsp3) is 0.667. The van der Waals surface area contributed by atoms with Gasteiger partial charge in [0.05, 0.1) is 6.10 Å². The van der Waals surface area contributed by atoms with Gasteiger partial charge in [-0.1, -0.05) is 0 Å². The van der Waals surface area contributed by atoms with Gasteiger partial charge in [0, 0.05) is 29.9 Å². The van der Waals surface area contributed by atoms with Crippen molar-refractivity contribution in [1.82, 2.24) is 4.98 Å². The molecule has 0 bridgehead atoms. The minimum absolute atomic E-state index is 0.392. The summed E-state index contributed by atoms with van der Waals surface area (Å²) in [5.41, 5.74) is 7.08. The van der Waals surface area contributed by atoms with Crippen molar-refractivity contribution in [3.8, 4) is 0 Å². The van der Waals surface area contributed by atoms with Crippen LogP contribution in [0.1, 0.15) is 37.7 Å². The molecule has 3 N–H and O–H groups in total. The first-order valence-electron chi connectivity index (χ1n) is 7.38. The molecule has 0 amide bonds. The number of nitrogens with two attached hydrogens (primary N) is 1. The molecular formula is C15H24BrN3O. The van der Waals surface area contributed by atoms with Gasteiger partial charge >= 0.3 is 0 Å². The minimum atomic E-state index is 0.392. The number of rotatable bonds is 6. The van der Waals surface area contributed by atoms with Crippen molar-refractivity contribution >= 4 is 21.7 Å². The summed E-state index contributed by atoms with van der Waals surface area (Å²) in [6, 6.07) is 2.44. The van der Waals surface area contributed by atoms with Crippen molar-refractivity contribution < 1.29 is 4.74 Å². The standard InChI is InChI=1S/C15H24BrN3O/c1-11-9-15(19-10-14(11)16)18-7-2-8-20-13-5-3-12(17)4-6-13/h9-10,12-13H,2-8,17H2,1H3,(H,18,19). The topological polar surface area (TPSA) is 60.2 Å². The van der Waals surface area contributed by atoms with Gasteiger partial charge in [-0.15, -0.1) is 0 Å². The lowest BCUT2D eigenvalue weighted by atomic mass is 9.94. The molecule has 0 radical (unpaired) electrons. The fourth-order valence-electron chi connectivity index (χ4n) is 2.43. The van der Waals surface area contributed by atoms with Crippen LogP contribution in [0.25, 0.3) is 0 Å². The summed E-state index contributed by atoms with van der Waals surface area (Å²) in [6.45, 7) is 3.76. The zero-order valence-electron chi connectivity index (χ0n) is 12.1. The second kappa shape index (κ2) is 7.96. The molecule has 5 heteroatoms. The van der Waals surface area contributed by atoms with Crippen LogP contribution in [-0.2, 0) is 4.74 Å². The van der Waals surface area contributed by atoms with Gasteiger partial charge in [-0.05, 0) is 66.6 Å². The summed E-state index contributed by atoms with van der Waals surface area (Å²) in [6.07, 6.45) is 7.68. The van der Waals surface area contributed by atoms with Gasteiger partial charge < -0.3 is 15.8 Å². The number of anilines is 1. The Labute approximate surface area is 129 Å². The third-order valence-electron chi connectivity index (χ3n) is 3.75. The molecule has 1 aromatic heterocycles. The third-order valence-corrected chi connectivity index (χ3v) is 4.58. The predicted molar refractivity (Wildman–Crippen MR) is 86.0 cm³/mol. The van der Waals surface area contributed by atoms with Crippen LogP contribution in [0.15, 0.2) is 16.7 Å². The molecule has 2 rings (SSSR count). The van der Waals surface area contributed by atoms with E-state index in [0.29, 0.717) is 12.1 Å². The van der Waals surface area contributed by atoms with Crippen molar-refractivity contribution in [2.24, 2.45) is 5.73 Å². The maximum atomic E-state index is 5.89. The quantitative estimate of drug-likeness (QED) is 0.779. The summed E-state index contributed by atoms with van der Waals surface area (Å²) >= 11 is 3.45. The summed E-state index contributed by atoms with van der Waals surface area (Å²) in [7, 11) is 0. The Morgan fingerprint density at radius 2 is 2.15 bits per heavy atom. The molecule has 0 saturated heterocycles. The molecule has 1 aliphatic carbocycles. The SMILES string of the molecule is Cc1cc(NCCCOC2CCC(N)CC2)ncc1Br. The maximum Gasteiger partial charge on any atom is 0.126 e. The van der Waals surface area contributed by atoms with Crippen LogP contribution in [0.5, 0.6) is 0 Å². The Morgan fingerprint density at radius 3 is 2.85 bits per heavy atom. The first-order chi connectivity index (χ1) is 9.65. The van der Waals surface area contributed by atoms with Crippen LogP contribution < -0.4 is 11.1 Å². The van der Waals surface area contributed by atoms with Crippen molar-refractivity contribution in [3.63, 3.8) is 0 Å². The van der Waals surface area contributed by atoms with E-state index in [-0.39, 0.29) is 0 Å². The number of aromatic nitrogens is 1. The zero-order chi connectivity index (χ0) is 14.4. The fourth-order valence-corrected chi connectivity index (χ4v) is 2.65. The molecule has 0 atom stereocenters. The lowest BCUT2D eigenvalue weighted by Gasteiger charge is -2.26. The van der Waals surface area contributed by atoms with E-state index in [1.54, 1.807) is 0 Å². The summed E-state index contributed by atoms with van der Waals surface area (Å²) in [5.74, 6) is 0.925. The molecule has 112 valence electrons. The number of aryl methyl sites for hydroxylation is 1. The molecule has 4 nitrogen and oxygen atoms in total. The highest BCUT2D eigenvalue weighted by Gasteiger charge is 2.18. The molecule has 0 aromatic carbocycles. The number of pyridine rings is 1. The van der Waals surface area contributed by atoms with E-state index in [2.05, 4.69) is 33.2 Å². The molecule has 1 heterocycles. The van der Waals surface area contributed by atoms with E-state index in [0.717, 1.165) is 55.5 Å². The Balaban J connectivity index is 1.58. The van der Waals surface area contributed by atoms with E-state index >= 15 is 0 Å². The van der Waals surface area contributed by atoms with Gasteiger partial charge in [-0.25, -0.2) is 4.98 Å². The lowest BCUT2D eigenvalue weighted by molar-refractivity contribution is 0.0251. The van der Waals surface area contributed by atoms with Crippen LogP contribution in [0.4, 0.5) is 5.82 Å². The van der Waals surface area contributed by atoms with Crippen molar-refractivity contribution in [2.45, 2.75) is 51.2 Å². The Morgan fingerprint density at radius 1 is 1.40 bits per heavy atom. The second-order valence-corrected chi connectivity index (χ2v) is 6.36. The second-order valence-electron chi connectivity index (χ2n) is 5.51. The molecule has 1 aliphatic rings. The number of nitrogens with one attached hydrogen (secondary N) is 1. The smallest absolute Gasteiger partial charge is 0.126 e. The number of nitrogens with zero attached hydrogens (tertiary/aromatic N) is 1. The van der Waals surface area contributed by atoms with Gasteiger partial charge in [0.2, 0.25) is 0 Å². The Hall–Kier alpha value is -0.650. The summed E-state index contributed by atoms with van der Waals surface area (Å²) in [5, 5.41) is 3.33. The van der Waals surface area contributed by atoms with Crippen molar-refractivity contribution in [3.05, 3.63) is 22.3 Å². The Bertz CT molecular complexity index is 420. The van der Waals surface area contributed by atoms with Gasteiger partial charge in [-0.3, -0.25) is 0 Å². The highest BCUT2D eigenvalue weighted by atomic mass is 79.9. The van der Waals surface area contributed by atoms with Gasteiger partial charge in [0.25, 0.3) is 0 Å². The molecule has 0 unspecified atom stereocenters.